The third kappa shape index (κ3) is 4.11. The second-order valence-corrected chi connectivity index (χ2v) is 6.28. The first kappa shape index (κ1) is 18.1. The van der Waals surface area contributed by atoms with Gasteiger partial charge in [0.2, 0.25) is 5.91 Å². The molecule has 1 aliphatic heterocycles. The molecule has 2 aromatic carbocycles. The highest BCUT2D eigenvalue weighted by molar-refractivity contribution is 5.77. The van der Waals surface area contributed by atoms with E-state index in [0.717, 1.165) is 11.6 Å². The zero-order valence-corrected chi connectivity index (χ0v) is 14.3. The number of hydrogen-bond donors (Lipinski definition) is 3. The molecule has 0 bridgehead atoms. The summed E-state index contributed by atoms with van der Waals surface area (Å²) >= 11 is 0. The maximum Gasteiger partial charge on any atom is 0.220 e. The number of phenols is 1. The molecule has 2 atom stereocenters. The minimum absolute atomic E-state index is 0.0503. The summed E-state index contributed by atoms with van der Waals surface area (Å²) in [5, 5.41) is 15.8. The van der Waals surface area contributed by atoms with Crippen LogP contribution in [0, 0.1) is 11.6 Å². The smallest absolute Gasteiger partial charge is 0.220 e. The fourth-order valence-electron chi connectivity index (χ4n) is 3.17. The fraction of sp³-hybridized carbons (Fsp3) is 0.316. The van der Waals surface area contributed by atoms with Gasteiger partial charge in [0.05, 0.1) is 13.2 Å². The number of carbonyl (C=O) groups excluding carboxylic acids is 1. The SMILES string of the molecule is COc1cc(CN[C@@H]2CCC(=O)N[C@H]2c2cc(F)cc(F)c2)ccc1O. The largest absolute Gasteiger partial charge is 0.504 e. The lowest BCUT2D eigenvalue weighted by Crippen LogP contribution is -2.48. The van der Waals surface area contributed by atoms with Gasteiger partial charge >= 0.3 is 0 Å². The summed E-state index contributed by atoms with van der Waals surface area (Å²) in [6, 6.07) is 7.56. The van der Waals surface area contributed by atoms with Crippen LogP contribution in [0.5, 0.6) is 11.5 Å². The van der Waals surface area contributed by atoms with Crippen LogP contribution in [0.1, 0.15) is 30.0 Å². The van der Waals surface area contributed by atoms with Crippen LogP contribution in [0.2, 0.25) is 0 Å². The summed E-state index contributed by atoms with van der Waals surface area (Å²) in [4.78, 5) is 11.8. The van der Waals surface area contributed by atoms with Gasteiger partial charge in [-0.1, -0.05) is 6.07 Å². The van der Waals surface area contributed by atoms with Gasteiger partial charge < -0.3 is 20.5 Å². The van der Waals surface area contributed by atoms with Gasteiger partial charge in [0.25, 0.3) is 0 Å². The average Bonchev–Trinajstić information content (AvgIpc) is 2.61. The Balaban J connectivity index is 1.77. The average molecular weight is 362 g/mol. The second kappa shape index (κ2) is 7.70. The van der Waals surface area contributed by atoms with Gasteiger partial charge in [0, 0.05) is 25.1 Å². The van der Waals surface area contributed by atoms with Crippen LogP contribution in [0.4, 0.5) is 8.78 Å². The number of nitrogens with one attached hydrogen (secondary N) is 2. The molecule has 26 heavy (non-hydrogen) atoms. The highest BCUT2D eigenvalue weighted by Gasteiger charge is 2.30. The Morgan fingerprint density at radius 3 is 2.65 bits per heavy atom. The number of methoxy groups -OCH3 is 1. The summed E-state index contributed by atoms with van der Waals surface area (Å²) in [5.74, 6) is -1.09. The van der Waals surface area contributed by atoms with Crippen LogP contribution in [0.25, 0.3) is 0 Å². The first-order valence-electron chi connectivity index (χ1n) is 8.31. The van der Waals surface area contributed by atoms with E-state index in [9.17, 15) is 18.7 Å². The van der Waals surface area contributed by atoms with Crippen molar-refractivity contribution in [2.75, 3.05) is 7.11 Å². The molecule has 2 aromatic rings. The van der Waals surface area contributed by atoms with Crippen molar-refractivity contribution in [1.82, 2.24) is 10.6 Å². The van der Waals surface area contributed by atoms with Crippen LogP contribution < -0.4 is 15.4 Å². The summed E-state index contributed by atoms with van der Waals surface area (Å²) < 4.78 is 32.2. The molecule has 1 aliphatic rings. The molecule has 0 radical (unpaired) electrons. The number of hydrogen-bond acceptors (Lipinski definition) is 4. The van der Waals surface area contributed by atoms with Crippen molar-refractivity contribution in [3.63, 3.8) is 0 Å². The molecule has 1 heterocycles. The van der Waals surface area contributed by atoms with E-state index in [-0.39, 0.29) is 17.7 Å². The number of piperidine rings is 1. The maximum absolute atomic E-state index is 13.6. The van der Waals surface area contributed by atoms with Crippen molar-refractivity contribution in [3.8, 4) is 11.5 Å². The molecule has 1 fully saturated rings. The number of rotatable bonds is 5. The van der Waals surface area contributed by atoms with E-state index in [4.69, 9.17) is 4.74 Å². The van der Waals surface area contributed by atoms with Crippen molar-refractivity contribution >= 4 is 5.91 Å². The quantitative estimate of drug-likeness (QED) is 0.765. The zero-order chi connectivity index (χ0) is 18.7. The molecule has 1 saturated heterocycles. The van der Waals surface area contributed by atoms with Crippen molar-refractivity contribution in [1.29, 1.82) is 0 Å². The van der Waals surface area contributed by atoms with E-state index >= 15 is 0 Å². The number of halogens is 2. The number of ether oxygens (including phenoxy) is 1. The van der Waals surface area contributed by atoms with Gasteiger partial charge in [0.1, 0.15) is 11.6 Å². The molecule has 0 aliphatic carbocycles. The summed E-state index contributed by atoms with van der Waals surface area (Å²) in [5.41, 5.74) is 1.26. The standard InChI is InChI=1S/C19H20F2N2O3/c1-26-17-6-11(2-4-16(17)24)10-22-15-3-5-18(25)23-19(15)12-7-13(20)9-14(21)8-12/h2,4,6-9,15,19,22,24H,3,5,10H2,1H3,(H,23,25)/t15-,19+/m1/s1. The molecule has 3 rings (SSSR count). The molecule has 5 nitrogen and oxygen atoms in total. The van der Waals surface area contributed by atoms with E-state index in [1.807, 2.05) is 0 Å². The summed E-state index contributed by atoms with van der Waals surface area (Å²) in [6.45, 7) is 0.450. The molecule has 0 spiro atoms. The minimum atomic E-state index is -0.679. The topological polar surface area (TPSA) is 70.6 Å². The molecule has 0 unspecified atom stereocenters. The number of aromatic hydroxyl groups is 1. The lowest BCUT2D eigenvalue weighted by molar-refractivity contribution is -0.123. The van der Waals surface area contributed by atoms with Gasteiger partial charge in [-0.15, -0.1) is 0 Å². The van der Waals surface area contributed by atoms with Gasteiger partial charge in [-0.05, 0) is 41.8 Å². The van der Waals surface area contributed by atoms with Crippen molar-refractivity contribution < 1.29 is 23.4 Å². The van der Waals surface area contributed by atoms with Crippen LogP contribution in [-0.2, 0) is 11.3 Å². The molecular formula is C19H20F2N2O3. The Morgan fingerprint density at radius 2 is 1.96 bits per heavy atom. The number of benzene rings is 2. The summed E-state index contributed by atoms with van der Waals surface area (Å²) in [6.07, 6.45) is 0.884. The normalized spacial score (nSPS) is 19.9. The van der Waals surface area contributed by atoms with Crippen molar-refractivity contribution in [2.45, 2.75) is 31.5 Å². The Kier molecular flexibility index (Phi) is 5.37. The second-order valence-electron chi connectivity index (χ2n) is 6.28. The maximum atomic E-state index is 13.6. The number of phenolic OH excluding ortho intramolecular Hbond substituents is 1. The van der Waals surface area contributed by atoms with E-state index in [2.05, 4.69) is 10.6 Å². The molecule has 138 valence electrons. The predicted octanol–water partition coefficient (Wildman–Crippen LogP) is 2.79. The molecular weight excluding hydrogens is 342 g/mol. The Morgan fingerprint density at radius 1 is 1.23 bits per heavy atom. The van der Waals surface area contributed by atoms with E-state index < -0.39 is 17.7 Å². The van der Waals surface area contributed by atoms with Gasteiger partial charge in [-0.2, -0.15) is 0 Å². The highest BCUT2D eigenvalue weighted by atomic mass is 19.1. The number of amides is 1. The van der Waals surface area contributed by atoms with E-state index in [1.165, 1.54) is 25.3 Å². The Hall–Kier alpha value is -2.67. The predicted molar refractivity (Wildman–Crippen MR) is 91.8 cm³/mol. The van der Waals surface area contributed by atoms with Gasteiger partial charge in [-0.25, -0.2) is 8.78 Å². The molecule has 3 N–H and O–H groups in total. The highest BCUT2D eigenvalue weighted by Crippen LogP contribution is 2.28. The third-order valence-electron chi connectivity index (χ3n) is 4.46. The molecule has 1 amide bonds. The van der Waals surface area contributed by atoms with Gasteiger partial charge in [0.15, 0.2) is 11.5 Å². The van der Waals surface area contributed by atoms with Crippen molar-refractivity contribution in [2.24, 2.45) is 0 Å². The lowest BCUT2D eigenvalue weighted by Gasteiger charge is -2.33. The van der Waals surface area contributed by atoms with Gasteiger partial charge in [-0.3, -0.25) is 4.79 Å². The van der Waals surface area contributed by atoms with Crippen LogP contribution in [0.3, 0.4) is 0 Å². The fourth-order valence-corrected chi connectivity index (χ4v) is 3.17. The first-order valence-corrected chi connectivity index (χ1v) is 8.31. The van der Waals surface area contributed by atoms with Crippen LogP contribution >= 0.6 is 0 Å². The molecule has 0 saturated carbocycles. The zero-order valence-electron chi connectivity index (χ0n) is 14.3. The Bertz CT molecular complexity index is 793. The lowest BCUT2D eigenvalue weighted by atomic mass is 9.91. The Labute approximate surface area is 150 Å². The van der Waals surface area contributed by atoms with Crippen LogP contribution in [-0.4, -0.2) is 24.2 Å². The van der Waals surface area contributed by atoms with Crippen molar-refractivity contribution in [3.05, 3.63) is 59.2 Å². The van der Waals surface area contributed by atoms with E-state index in [1.54, 1.807) is 12.1 Å². The molecule has 7 heteroatoms. The number of carbonyl (C=O) groups is 1. The first-order chi connectivity index (χ1) is 12.5. The monoisotopic (exact) mass is 362 g/mol. The molecule has 0 aromatic heterocycles. The van der Waals surface area contributed by atoms with Crippen LogP contribution in [0.15, 0.2) is 36.4 Å². The third-order valence-corrected chi connectivity index (χ3v) is 4.46. The van der Waals surface area contributed by atoms with E-state index in [0.29, 0.717) is 30.7 Å². The minimum Gasteiger partial charge on any atom is -0.504 e. The summed E-state index contributed by atoms with van der Waals surface area (Å²) in [7, 11) is 1.47.